The Hall–Kier alpha value is 0.212. The molecule has 4 nitrogen and oxygen atoms in total. The van der Waals surface area contributed by atoms with Gasteiger partial charge in [-0.05, 0) is 41.5 Å². The molecule has 0 atom stereocenters. The fraction of sp³-hybridized carbons (Fsp3) is 0.625. The summed E-state index contributed by atoms with van der Waals surface area (Å²) in [6, 6.07) is 10.2. The van der Waals surface area contributed by atoms with Crippen LogP contribution < -0.4 is 23.6 Å². The van der Waals surface area contributed by atoms with Crippen molar-refractivity contribution in [2.75, 3.05) is 7.11 Å². The van der Waals surface area contributed by atoms with Gasteiger partial charge in [0, 0.05) is 45.8 Å². The maximum atomic E-state index is 8.06. The fourth-order valence-corrected chi connectivity index (χ4v) is 0.508. The van der Waals surface area contributed by atoms with Crippen molar-refractivity contribution in [3.63, 3.8) is 0 Å². The van der Waals surface area contributed by atoms with Crippen LogP contribution in [-0.2, 0) is 21.7 Å². The summed E-state index contributed by atoms with van der Waals surface area (Å²) >= 11 is 0. The molecule has 0 spiro atoms. The molecule has 1 aromatic rings. The van der Waals surface area contributed by atoms with Gasteiger partial charge < -0.3 is 20.1 Å². The molecular formula is C16H31LiO4Ti. The summed E-state index contributed by atoms with van der Waals surface area (Å²) in [5.41, 5.74) is 0. The van der Waals surface area contributed by atoms with Crippen LogP contribution in [0.5, 0.6) is 5.75 Å². The minimum Gasteiger partial charge on any atom is -0.522 e. The normalized spacial score (nSPS) is 8.05. The molecule has 124 valence electrons. The molecule has 0 saturated carbocycles. The van der Waals surface area contributed by atoms with E-state index in [1.807, 2.05) is 24.3 Å². The molecule has 0 radical (unpaired) electrons. The standard InChI is InChI=1S/C7H7O.3C3H8O.Li.Ti/c1-8-7-5-3-2-4-6-7;3*1-3(2)4;;/h3-6H,1H3;3*3-4H,1-2H3;;/q-1;;;;+1;. The Morgan fingerprint density at radius 2 is 1.05 bits per heavy atom. The summed E-state index contributed by atoms with van der Waals surface area (Å²) in [5.74, 6) is 0.878. The van der Waals surface area contributed by atoms with Gasteiger partial charge in [-0.3, -0.25) is 0 Å². The van der Waals surface area contributed by atoms with Crippen LogP contribution in [-0.4, -0.2) is 40.7 Å². The smallest absolute Gasteiger partial charge is 0.522 e. The summed E-state index contributed by atoms with van der Waals surface area (Å²) < 4.78 is 4.89. The van der Waals surface area contributed by atoms with Gasteiger partial charge in [-0.2, -0.15) is 18.2 Å². The van der Waals surface area contributed by atoms with Crippen molar-refractivity contribution in [2.45, 2.75) is 59.9 Å². The van der Waals surface area contributed by atoms with Gasteiger partial charge in [-0.1, -0.05) is 0 Å². The first-order valence-electron chi connectivity index (χ1n) is 6.67. The Morgan fingerprint density at radius 1 is 0.818 bits per heavy atom. The number of hydrogen-bond donors (Lipinski definition) is 3. The van der Waals surface area contributed by atoms with Crippen LogP contribution in [0.1, 0.15) is 41.5 Å². The number of methoxy groups -OCH3 is 1. The first-order chi connectivity index (χ1) is 9.13. The van der Waals surface area contributed by atoms with Gasteiger partial charge in [0.15, 0.2) is 0 Å². The van der Waals surface area contributed by atoms with Crippen molar-refractivity contribution >= 4 is 0 Å². The van der Waals surface area contributed by atoms with Crippen LogP contribution in [0.2, 0.25) is 0 Å². The molecule has 6 heteroatoms. The van der Waals surface area contributed by atoms with Crippen LogP contribution >= 0.6 is 0 Å². The minimum absolute atomic E-state index is 0. The van der Waals surface area contributed by atoms with E-state index in [-0.39, 0.29) is 58.9 Å². The minimum atomic E-state index is -0.167. The van der Waals surface area contributed by atoms with E-state index in [2.05, 4.69) is 6.07 Å². The van der Waals surface area contributed by atoms with Crippen LogP contribution in [0.15, 0.2) is 24.3 Å². The van der Waals surface area contributed by atoms with E-state index in [1.54, 1.807) is 48.7 Å². The summed E-state index contributed by atoms with van der Waals surface area (Å²) in [5, 5.41) is 24.2. The summed E-state index contributed by atoms with van der Waals surface area (Å²) in [7, 11) is 1.65. The largest absolute Gasteiger partial charge is 1.00 e. The van der Waals surface area contributed by atoms with Crippen molar-refractivity contribution in [2.24, 2.45) is 0 Å². The zero-order valence-electron chi connectivity index (χ0n) is 15.3. The molecule has 0 amide bonds. The molecule has 0 heterocycles. The quantitative estimate of drug-likeness (QED) is 0.482. The van der Waals surface area contributed by atoms with Crippen molar-refractivity contribution in [3.05, 3.63) is 30.3 Å². The number of aliphatic hydroxyl groups is 3. The maximum absolute atomic E-state index is 8.06. The average Bonchev–Trinajstić information content (AvgIpc) is 2.28. The van der Waals surface area contributed by atoms with Crippen LogP contribution in [0.25, 0.3) is 0 Å². The zero-order chi connectivity index (χ0) is 16.6. The Bertz CT molecular complexity index is 248. The van der Waals surface area contributed by atoms with Crippen LogP contribution in [0.3, 0.4) is 0 Å². The van der Waals surface area contributed by atoms with E-state index in [0.29, 0.717) is 0 Å². The van der Waals surface area contributed by atoms with Gasteiger partial charge in [-0.25, -0.2) is 0 Å². The van der Waals surface area contributed by atoms with E-state index >= 15 is 0 Å². The number of benzene rings is 1. The Morgan fingerprint density at radius 3 is 1.18 bits per heavy atom. The third-order valence-corrected chi connectivity index (χ3v) is 0.923. The van der Waals surface area contributed by atoms with E-state index in [0.717, 1.165) is 5.75 Å². The molecule has 1 rings (SSSR count). The molecule has 1 aromatic carbocycles. The predicted molar refractivity (Wildman–Crippen MR) is 83.9 cm³/mol. The van der Waals surface area contributed by atoms with Crippen molar-refractivity contribution in [1.29, 1.82) is 0 Å². The molecule has 0 aromatic heterocycles. The third kappa shape index (κ3) is 71.5. The van der Waals surface area contributed by atoms with Gasteiger partial charge in [-0.15, -0.1) is 12.1 Å². The number of aliphatic hydroxyl groups excluding tert-OH is 3. The SMILES string of the molecule is CC(C)O.CC(C)O.CC(C)O.COc1cc[c-]cc1.[Li+].[Ti]. The van der Waals surface area contributed by atoms with Gasteiger partial charge >= 0.3 is 18.9 Å². The van der Waals surface area contributed by atoms with Crippen LogP contribution in [0.4, 0.5) is 0 Å². The maximum Gasteiger partial charge on any atom is 1.00 e. The number of hydrogen-bond acceptors (Lipinski definition) is 4. The van der Waals surface area contributed by atoms with Crippen molar-refractivity contribution in [3.8, 4) is 5.75 Å². The summed E-state index contributed by atoms with van der Waals surface area (Å²) in [4.78, 5) is 0. The Balaban J connectivity index is -0.0000000607. The van der Waals surface area contributed by atoms with E-state index < -0.39 is 0 Å². The topological polar surface area (TPSA) is 69.9 Å². The second-order valence-electron chi connectivity index (χ2n) is 4.72. The second-order valence-corrected chi connectivity index (χ2v) is 4.72. The molecule has 0 aliphatic heterocycles. The van der Waals surface area contributed by atoms with E-state index in [1.165, 1.54) is 0 Å². The van der Waals surface area contributed by atoms with Gasteiger partial charge in [0.2, 0.25) is 0 Å². The molecule has 3 N–H and O–H groups in total. The molecule has 0 saturated heterocycles. The molecule has 0 aliphatic rings. The molecule has 0 bridgehead atoms. The molecular weight excluding hydrogens is 311 g/mol. The Labute approximate surface area is 163 Å². The summed E-state index contributed by atoms with van der Waals surface area (Å²) in [6.45, 7) is 10.3. The third-order valence-electron chi connectivity index (χ3n) is 0.923. The van der Waals surface area contributed by atoms with Crippen molar-refractivity contribution in [1.82, 2.24) is 0 Å². The van der Waals surface area contributed by atoms with Gasteiger partial charge in [0.05, 0.1) is 7.11 Å². The first-order valence-corrected chi connectivity index (χ1v) is 6.67. The average molecular weight is 342 g/mol. The van der Waals surface area contributed by atoms with E-state index in [9.17, 15) is 0 Å². The van der Waals surface area contributed by atoms with E-state index in [4.69, 9.17) is 20.1 Å². The Kier molecular flexibility index (Phi) is 40.1. The first kappa shape index (κ1) is 33.7. The predicted octanol–water partition coefficient (Wildman–Crippen LogP) is -0.342. The fourth-order valence-electron chi connectivity index (χ4n) is 0.508. The van der Waals surface area contributed by atoms with Gasteiger partial charge in [0.1, 0.15) is 0 Å². The number of ether oxygens (including phenoxy) is 1. The second kappa shape index (κ2) is 26.1. The monoisotopic (exact) mass is 342 g/mol. The molecule has 0 fully saturated rings. The number of rotatable bonds is 1. The van der Waals surface area contributed by atoms with Crippen molar-refractivity contribution < 1.29 is 60.6 Å². The molecule has 0 aliphatic carbocycles. The molecule has 22 heavy (non-hydrogen) atoms. The molecule has 0 unspecified atom stereocenters. The zero-order valence-corrected chi connectivity index (χ0v) is 16.9. The van der Waals surface area contributed by atoms with Gasteiger partial charge in [0.25, 0.3) is 0 Å². The summed E-state index contributed by atoms with van der Waals surface area (Å²) in [6.07, 6.45) is -0.500. The van der Waals surface area contributed by atoms with Crippen LogP contribution in [0, 0.1) is 6.07 Å².